The molecule has 1 aromatic heterocycles. The molecule has 2 N–H and O–H groups in total. The van der Waals surface area contributed by atoms with Crippen LogP contribution in [0.4, 0.5) is 0 Å². The van der Waals surface area contributed by atoms with Gasteiger partial charge in [-0.05, 0) is 79.7 Å². The average molecular weight is 398 g/mol. The van der Waals surface area contributed by atoms with Crippen LogP contribution in [0, 0.1) is 22.7 Å². The summed E-state index contributed by atoms with van der Waals surface area (Å²) in [5.41, 5.74) is 0.342. The minimum Gasteiger partial charge on any atom is -0.431 e. The van der Waals surface area contributed by atoms with E-state index in [0.29, 0.717) is 31.6 Å². The molecule has 0 radical (unpaired) electrons. The summed E-state index contributed by atoms with van der Waals surface area (Å²) in [6.07, 6.45) is 10.2. The van der Waals surface area contributed by atoms with Crippen molar-refractivity contribution in [2.75, 3.05) is 0 Å². The Bertz CT molecular complexity index is 898. The highest BCUT2D eigenvalue weighted by atomic mass is 16.4. The van der Waals surface area contributed by atoms with Crippen LogP contribution < -0.4 is 5.63 Å². The molecule has 1 aromatic rings. The lowest BCUT2D eigenvalue weighted by Crippen LogP contribution is -2.64. The zero-order valence-electron chi connectivity index (χ0n) is 17.0. The largest absolute Gasteiger partial charge is 0.431 e. The summed E-state index contributed by atoms with van der Waals surface area (Å²) in [5.74, 6) is 0.720. The molecule has 29 heavy (non-hydrogen) atoms. The van der Waals surface area contributed by atoms with Crippen molar-refractivity contribution < 1.29 is 19.4 Å². The number of aldehydes is 1. The second kappa shape index (κ2) is 6.39. The highest BCUT2D eigenvalue weighted by Crippen LogP contribution is 2.67. The van der Waals surface area contributed by atoms with Gasteiger partial charge in [0.25, 0.3) is 0 Å². The Morgan fingerprint density at radius 2 is 2.00 bits per heavy atom. The van der Waals surface area contributed by atoms with Gasteiger partial charge in [-0.2, -0.15) is 0 Å². The normalized spacial score (nSPS) is 46.2. The number of hydrogen-bond acceptors (Lipinski definition) is 5. The van der Waals surface area contributed by atoms with Crippen molar-refractivity contribution in [3.63, 3.8) is 0 Å². The van der Waals surface area contributed by atoms with Gasteiger partial charge in [-0.25, -0.2) is 4.79 Å². The Morgan fingerprint density at radius 3 is 2.72 bits per heavy atom. The van der Waals surface area contributed by atoms with E-state index >= 15 is 0 Å². The molecule has 0 saturated heterocycles. The predicted octanol–water partition coefficient (Wildman–Crippen LogP) is 3.34. The van der Waals surface area contributed by atoms with E-state index in [-0.39, 0.29) is 22.9 Å². The average Bonchev–Trinajstić information content (AvgIpc) is 3.05. The zero-order chi connectivity index (χ0) is 20.4. The Kier molecular flexibility index (Phi) is 4.24. The Hall–Kier alpha value is -1.72. The lowest BCUT2D eigenvalue weighted by Gasteiger charge is -2.61. The fourth-order valence-electron chi connectivity index (χ4n) is 7.59. The van der Waals surface area contributed by atoms with E-state index in [1.807, 2.05) is 6.07 Å². The first kappa shape index (κ1) is 19.3. The summed E-state index contributed by atoms with van der Waals surface area (Å²) < 4.78 is 5.15. The molecule has 5 nitrogen and oxygen atoms in total. The Labute approximate surface area is 170 Å². The molecule has 3 fully saturated rings. The third-order valence-corrected chi connectivity index (χ3v) is 9.06. The van der Waals surface area contributed by atoms with Gasteiger partial charge in [0.2, 0.25) is 0 Å². The number of carbonyl (C=O) groups is 1. The van der Waals surface area contributed by atoms with Crippen LogP contribution in [0.1, 0.15) is 69.8 Å². The number of aliphatic hydroxyl groups is 2. The smallest absolute Gasteiger partial charge is 0.335 e. The Morgan fingerprint density at radius 1 is 1.17 bits per heavy atom. The first-order valence-corrected chi connectivity index (χ1v) is 11.0. The third-order valence-electron chi connectivity index (χ3n) is 9.06. The van der Waals surface area contributed by atoms with E-state index < -0.39 is 17.1 Å². The van der Waals surface area contributed by atoms with E-state index in [1.165, 1.54) is 11.6 Å². The SMILES string of the molecule is C[C@]12CC[C@@H]3[C@@H](CC[C@]4(O)C[C@@H](O)CC[C@]34C=O)C1=CC[C@H]2c1ccc(=O)oc1. The number of fused-ring (bicyclic) bond motifs is 5. The molecular formula is C24H30O5. The van der Waals surface area contributed by atoms with Crippen LogP contribution in [0.3, 0.4) is 0 Å². The monoisotopic (exact) mass is 398 g/mol. The molecule has 5 rings (SSSR count). The Balaban J connectivity index is 1.49. The molecule has 0 aromatic carbocycles. The van der Waals surface area contributed by atoms with Crippen molar-refractivity contribution in [3.8, 4) is 0 Å². The van der Waals surface area contributed by atoms with Crippen molar-refractivity contribution in [3.05, 3.63) is 46.0 Å². The molecule has 0 unspecified atom stereocenters. The molecule has 0 spiro atoms. The van der Waals surface area contributed by atoms with E-state index in [4.69, 9.17) is 4.42 Å². The van der Waals surface area contributed by atoms with Gasteiger partial charge in [-0.1, -0.05) is 18.6 Å². The summed E-state index contributed by atoms with van der Waals surface area (Å²) in [7, 11) is 0. The van der Waals surface area contributed by atoms with E-state index in [0.717, 1.165) is 37.5 Å². The molecule has 0 bridgehead atoms. The van der Waals surface area contributed by atoms with E-state index in [2.05, 4.69) is 13.0 Å². The van der Waals surface area contributed by atoms with Crippen molar-refractivity contribution in [2.24, 2.45) is 22.7 Å². The lowest BCUT2D eigenvalue weighted by atomic mass is 9.44. The third kappa shape index (κ3) is 2.53. The topological polar surface area (TPSA) is 87.7 Å². The van der Waals surface area contributed by atoms with Gasteiger partial charge < -0.3 is 19.4 Å². The number of hydrogen-bond donors (Lipinski definition) is 2. The standard InChI is InChI=1S/C24H30O5/c1-22-9-8-20-17(7-11-24(28)12-16(26)6-10-23(20,24)14-25)19(22)4-3-18(22)15-2-5-21(27)29-13-15/h2,4-5,13-14,16-18,20,26,28H,3,6-12H2,1H3/t16-,17-,18-,20+,22+,23-,24-/m0/s1. The first-order valence-electron chi connectivity index (χ1n) is 11.0. The molecular weight excluding hydrogens is 368 g/mol. The van der Waals surface area contributed by atoms with Crippen LogP contribution in [-0.2, 0) is 4.79 Å². The second-order valence-corrected chi connectivity index (χ2v) is 10.1. The van der Waals surface area contributed by atoms with Gasteiger partial charge in [-0.3, -0.25) is 0 Å². The fraction of sp³-hybridized carbons (Fsp3) is 0.667. The van der Waals surface area contributed by atoms with Gasteiger partial charge in [0.1, 0.15) is 6.29 Å². The van der Waals surface area contributed by atoms with E-state index in [1.54, 1.807) is 6.26 Å². The van der Waals surface area contributed by atoms with Gasteiger partial charge in [0.05, 0.1) is 23.4 Å². The minimum atomic E-state index is -1.08. The predicted molar refractivity (Wildman–Crippen MR) is 107 cm³/mol. The maximum atomic E-state index is 12.5. The van der Waals surface area contributed by atoms with Crippen LogP contribution >= 0.6 is 0 Å². The first-order chi connectivity index (χ1) is 13.8. The summed E-state index contributed by atoms with van der Waals surface area (Å²) in [6, 6.07) is 3.39. The van der Waals surface area contributed by atoms with Gasteiger partial charge in [0.15, 0.2) is 0 Å². The van der Waals surface area contributed by atoms with Crippen LogP contribution in [0.2, 0.25) is 0 Å². The van der Waals surface area contributed by atoms with Crippen LogP contribution in [0.5, 0.6) is 0 Å². The second-order valence-electron chi connectivity index (χ2n) is 10.1. The summed E-state index contributed by atoms with van der Waals surface area (Å²) in [4.78, 5) is 23.9. The van der Waals surface area contributed by atoms with Crippen molar-refractivity contribution >= 4 is 6.29 Å². The zero-order valence-corrected chi connectivity index (χ0v) is 17.0. The molecule has 0 aliphatic heterocycles. The van der Waals surface area contributed by atoms with Crippen molar-refractivity contribution in [2.45, 2.75) is 75.9 Å². The number of aliphatic hydroxyl groups excluding tert-OH is 1. The van der Waals surface area contributed by atoms with Crippen LogP contribution in [0.25, 0.3) is 0 Å². The summed E-state index contributed by atoms with van der Waals surface area (Å²) in [5, 5.41) is 21.6. The summed E-state index contributed by atoms with van der Waals surface area (Å²) in [6.45, 7) is 2.32. The van der Waals surface area contributed by atoms with Crippen molar-refractivity contribution in [1.82, 2.24) is 0 Å². The molecule has 4 aliphatic rings. The highest BCUT2D eigenvalue weighted by molar-refractivity contribution is 5.64. The molecule has 7 atom stereocenters. The number of rotatable bonds is 2. The molecule has 5 heteroatoms. The number of carbonyl (C=O) groups excluding carboxylic acids is 1. The molecule has 4 aliphatic carbocycles. The quantitative estimate of drug-likeness (QED) is 0.589. The maximum Gasteiger partial charge on any atom is 0.335 e. The lowest BCUT2D eigenvalue weighted by molar-refractivity contribution is -0.200. The molecule has 156 valence electrons. The van der Waals surface area contributed by atoms with Crippen LogP contribution in [-0.4, -0.2) is 28.2 Å². The number of allylic oxidation sites excluding steroid dienone is 2. The molecule has 1 heterocycles. The van der Waals surface area contributed by atoms with Gasteiger partial charge >= 0.3 is 5.63 Å². The minimum absolute atomic E-state index is 0.00516. The van der Waals surface area contributed by atoms with Gasteiger partial charge in [-0.15, -0.1) is 0 Å². The van der Waals surface area contributed by atoms with E-state index in [9.17, 15) is 19.8 Å². The fourth-order valence-corrected chi connectivity index (χ4v) is 7.59. The van der Waals surface area contributed by atoms with Crippen LogP contribution in [0.15, 0.2) is 39.3 Å². The highest BCUT2D eigenvalue weighted by Gasteiger charge is 2.65. The summed E-state index contributed by atoms with van der Waals surface area (Å²) >= 11 is 0. The van der Waals surface area contributed by atoms with Crippen molar-refractivity contribution in [1.29, 1.82) is 0 Å². The van der Waals surface area contributed by atoms with Gasteiger partial charge in [0, 0.05) is 12.5 Å². The molecule has 0 amide bonds. The maximum absolute atomic E-state index is 12.5. The molecule has 3 saturated carbocycles.